The number of hydrogen-bond donors (Lipinski definition) is 3. The van der Waals surface area contributed by atoms with Crippen molar-refractivity contribution in [1.29, 1.82) is 0 Å². The highest BCUT2D eigenvalue weighted by Crippen LogP contribution is 2.33. The van der Waals surface area contributed by atoms with Gasteiger partial charge in [0.15, 0.2) is 0 Å². The summed E-state index contributed by atoms with van der Waals surface area (Å²) in [7, 11) is 0. The monoisotopic (exact) mass is 382 g/mol. The zero-order valence-corrected chi connectivity index (χ0v) is 16.0. The Hall–Kier alpha value is -2.86. The third kappa shape index (κ3) is 5.33. The summed E-state index contributed by atoms with van der Waals surface area (Å²) in [6.07, 6.45) is 2.00. The third-order valence-corrected chi connectivity index (χ3v) is 5.03. The summed E-state index contributed by atoms with van der Waals surface area (Å²) < 4.78 is 5.99. The predicted octanol–water partition coefficient (Wildman–Crippen LogP) is 3.66. The van der Waals surface area contributed by atoms with Crippen LogP contribution in [0.3, 0.4) is 0 Å². The second-order valence-electron chi connectivity index (χ2n) is 7.17. The number of hydrogen-bond acceptors (Lipinski definition) is 3. The number of ether oxygens (including phenoxy) is 1. The van der Waals surface area contributed by atoms with E-state index in [1.165, 1.54) is 17.7 Å². The summed E-state index contributed by atoms with van der Waals surface area (Å²) in [6, 6.07) is 14.6. The van der Waals surface area contributed by atoms with Crippen LogP contribution in [0.4, 0.5) is 4.79 Å². The maximum Gasteiger partial charge on any atom is 0.335 e. The maximum atomic E-state index is 12.2. The van der Waals surface area contributed by atoms with E-state index >= 15 is 0 Å². The molecule has 2 atom stereocenters. The van der Waals surface area contributed by atoms with Crippen LogP contribution < -0.4 is 10.6 Å². The first-order valence-electron chi connectivity index (χ1n) is 9.55. The molecule has 0 aliphatic carbocycles. The Morgan fingerprint density at radius 1 is 1.07 bits per heavy atom. The van der Waals surface area contributed by atoms with Gasteiger partial charge in [-0.25, -0.2) is 9.59 Å². The minimum Gasteiger partial charge on any atom is -0.478 e. The molecule has 0 bridgehead atoms. The first kappa shape index (κ1) is 19.9. The van der Waals surface area contributed by atoms with Gasteiger partial charge in [0.2, 0.25) is 0 Å². The van der Waals surface area contributed by atoms with E-state index in [9.17, 15) is 9.59 Å². The van der Waals surface area contributed by atoms with Crippen molar-refractivity contribution in [1.82, 2.24) is 10.6 Å². The maximum absolute atomic E-state index is 12.2. The number of carbonyl (C=O) groups excluding carboxylic acids is 1. The molecule has 2 unspecified atom stereocenters. The fourth-order valence-electron chi connectivity index (χ4n) is 3.41. The molecular formula is C22H26N2O4. The summed E-state index contributed by atoms with van der Waals surface area (Å²) >= 11 is 0. The van der Waals surface area contributed by atoms with E-state index < -0.39 is 5.97 Å². The van der Waals surface area contributed by atoms with Crippen molar-refractivity contribution in [3.63, 3.8) is 0 Å². The summed E-state index contributed by atoms with van der Waals surface area (Å²) in [4.78, 5) is 23.0. The van der Waals surface area contributed by atoms with E-state index in [1.54, 1.807) is 12.1 Å². The number of aryl methyl sites for hydroxylation is 1. The Morgan fingerprint density at radius 3 is 2.46 bits per heavy atom. The lowest BCUT2D eigenvalue weighted by atomic mass is 9.89. The van der Waals surface area contributed by atoms with Crippen molar-refractivity contribution in [2.45, 2.75) is 32.4 Å². The lowest BCUT2D eigenvalue weighted by Crippen LogP contribution is -2.40. The fourth-order valence-corrected chi connectivity index (χ4v) is 3.41. The molecule has 6 nitrogen and oxygen atoms in total. The van der Waals surface area contributed by atoms with Crippen LogP contribution in [0.1, 0.15) is 46.0 Å². The molecule has 1 saturated heterocycles. The SMILES string of the molecule is Cc1ccc(C2OCCCC2CNC(=O)NCc2ccc(C(=O)O)cc2)cc1. The van der Waals surface area contributed by atoms with E-state index in [-0.39, 0.29) is 23.6 Å². The molecule has 1 fully saturated rings. The van der Waals surface area contributed by atoms with E-state index in [0.717, 1.165) is 30.6 Å². The Morgan fingerprint density at radius 2 is 1.79 bits per heavy atom. The van der Waals surface area contributed by atoms with Crippen LogP contribution in [0.2, 0.25) is 0 Å². The summed E-state index contributed by atoms with van der Waals surface area (Å²) in [6.45, 7) is 3.69. The van der Waals surface area contributed by atoms with Gasteiger partial charge in [0.05, 0.1) is 11.7 Å². The first-order chi connectivity index (χ1) is 13.5. The Bertz CT molecular complexity index is 802. The number of amides is 2. The molecule has 0 aromatic heterocycles. The van der Waals surface area contributed by atoms with Gasteiger partial charge in [-0.3, -0.25) is 0 Å². The molecule has 3 N–H and O–H groups in total. The molecule has 1 heterocycles. The first-order valence-corrected chi connectivity index (χ1v) is 9.55. The van der Waals surface area contributed by atoms with Crippen LogP contribution in [0.15, 0.2) is 48.5 Å². The zero-order chi connectivity index (χ0) is 19.9. The van der Waals surface area contributed by atoms with Crippen molar-refractivity contribution >= 4 is 12.0 Å². The number of carbonyl (C=O) groups is 2. The molecule has 1 aliphatic rings. The number of urea groups is 1. The molecule has 2 aromatic carbocycles. The molecule has 28 heavy (non-hydrogen) atoms. The van der Waals surface area contributed by atoms with E-state index in [4.69, 9.17) is 9.84 Å². The number of aromatic carboxylic acids is 1. The lowest BCUT2D eigenvalue weighted by molar-refractivity contribution is -0.0269. The van der Waals surface area contributed by atoms with Gasteiger partial charge in [-0.1, -0.05) is 42.0 Å². The normalized spacial score (nSPS) is 19.0. The van der Waals surface area contributed by atoms with Crippen LogP contribution in [-0.2, 0) is 11.3 Å². The standard InChI is InChI=1S/C22H26N2O4/c1-15-4-8-17(9-5-15)20-19(3-2-12-28-20)14-24-22(27)23-13-16-6-10-18(11-7-16)21(25)26/h4-11,19-20H,2-3,12-14H2,1H3,(H,25,26)(H2,23,24,27). The lowest BCUT2D eigenvalue weighted by Gasteiger charge is -2.32. The smallest absolute Gasteiger partial charge is 0.335 e. The molecule has 3 rings (SSSR count). The van der Waals surface area contributed by atoms with Crippen LogP contribution in [-0.4, -0.2) is 30.3 Å². The fraction of sp³-hybridized carbons (Fsp3) is 0.364. The van der Waals surface area contributed by atoms with Crippen molar-refractivity contribution in [3.8, 4) is 0 Å². The molecule has 2 amide bonds. The van der Waals surface area contributed by atoms with Crippen LogP contribution in [0, 0.1) is 12.8 Å². The molecule has 0 spiro atoms. The molecular weight excluding hydrogens is 356 g/mol. The van der Waals surface area contributed by atoms with Gasteiger partial charge in [0.1, 0.15) is 0 Å². The minimum absolute atomic E-state index is 0.00165. The number of nitrogens with one attached hydrogen (secondary N) is 2. The number of benzene rings is 2. The van der Waals surface area contributed by atoms with Crippen molar-refractivity contribution < 1.29 is 19.4 Å². The predicted molar refractivity (Wildman–Crippen MR) is 106 cm³/mol. The van der Waals surface area contributed by atoms with E-state index in [1.807, 2.05) is 0 Å². The quantitative estimate of drug-likeness (QED) is 0.711. The summed E-state index contributed by atoms with van der Waals surface area (Å²) in [5.41, 5.74) is 3.44. The van der Waals surface area contributed by atoms with Gasteiger partial charge in [-0.2, -0.15) is 0 Å². The van der Waals surface area contributed by atoms with E-state index in [2.05, 4.69) is 41.8 Å². The summed E-state index contributed by atoms with van der Waals surface area (Å²) in [5.74, 6) is -0.729. The van der Waals surface area contributed by atoms with E-state index in [0.29, 0.717) is 13.1 Å². The van der Waals surface area contributed by atoms with Crippen LogP contribution in [0.25, 0.3) is 0 Å². The highest BCUT2D eigenvalue weighted by molar-refractivity contribution is 5.87. The largest absolute Gasteiger partial charge is 0.478 e. The highest BCUT2D eigenvalue weighted by Gasteiger charge is 2.27. The average Bonchev–Trinajstić information content (AvgIpc) is 2.72. The minimum atomic E-state index is -0.963. The second kappa shape index (κ2) is 9.37. The van der Waals surface area contributed by atoms with Gasteiger partial charge in [0, 0.05) is 25.6 Å². The van der Waals surface area contributed by atoms with Gasteiger partial charge in [0.25, 0.3) is 0 Å². The topological polar surface area (TPSA) is 87.7 Å². The Balaban J connectivity index is 1.49. The third-order valence-electron chi connectivity index (χ3n) is 5.03. The van der Waals surface area contributed by atoms with Gasteiger partial charge < -0.3 is 20.5 Å². The molecule has 1 aliphatic heterocycles. The average molecular weight is 382 g/mol. The molecule has 0 radical (unpaired) electrons. The molecule has 6 heteroatoms. The number of carboxylic acid groups (broad SMARTS) is 1. The summed E-state index contributed by atoms with van der Waals surface area (Å²) in [5, 5.41) is 14.7. The van der Waals surface area contributed by atoms with Crippen LogP contribution >= 0.6 is 0 Å². The molecule has 148 valence electrons. The van der Waals surface area contributed by atoms with Crippen LogP contribution in [0.5, 0.6) is 0 Å². The van der Waals surface area contributed by atoms with Gasteiger partial charge in [-0.05, 0) is 43.0 Å². The highest BCUT2D eigenvalue weighted by atomic mass is 16.5. The Labute approximate surface area is 164 Å². The second-order valence-corrected chi connectivity index (χ2v) is 7.17. The van der Waals surface area contributed by atoms with Gasteiger partial charge >= 0.3 is 12.0 Å². The molecule has 2 aromatic rings. The number of carboxylic acids is 1. The van der Waals surface area contributed by atoms with Crippen molar-refractivity contribution in [2.24, 2.45) is 5.92 Å². The Kier molecular flexibility index (Phi) is 6.66. The van der Waals surface area contributed by atoms with Gasteiger partial charge in [-0.15, -0.1) is 0 Å². The molecule has 0 saturated carbocycles. The zero-order valence-electron chi connectivity index (χ0n) is 16.0. The van der Waals surface area contributed by atoms with Crippen molar-refractivity contribution in [3.05, 3.63) is 70.8 Å². The number of rotatable bonds is 6. The van der Waals surface area contributed by atoms with Crippen molar-refractivity contribution in [2.75, 3.05) is 13.2 Å².